The SMILES string of the molecule is CCc1c[n-]cn1.[W].[W].[W].[W].[W]. The van der Waals surface area contributed by atoms with E-state index in [9.17, 15) is 0 Å². The van der Waals surface area contributed by atoms with Gasteiger partial charge in [-0.3, -0.25) is 0 Å². The number of nitrogens with zero attached hydrogens (tertiary/aromatic N) is 2. The molecule has 0 unspecified atom stereocenters. The van der Waals surface area contributed by atoms with Crippen LogP contribution < -0.4 is 4.98 Å². The van der Waals surface area contributed by atoms with Gasteiger partial charge in [0.1, 0.15) is 0 Å². The monoisotopic (exact) mass is 1010 g/mol. The number of aryl methyl sites for hydroxylation is 1. The normalized spacial score (nSPS) is 5.42. The Morgan fingerprint density at radius 1 is 1.17 bits per heavy atom. The molecule has 0 bridgehead atoms. The molecule has 7 heteroatoms. The van der Waals surface area contributed by atoms with E-state index in [4.69, 9.17) is 0 Å². The second kappa shape index (κ2) is 19.3. The van der Waals surface area contributed by atoms with Crippen molar-refractivity contribution >= 4 is 0 Å². The number of imidazole rings is 1. The van der Waals surface area contributed by atoms with Gasteiger partial charge >= 0.3 is 0 Å². The molecule has 12 heavy (non-hydrogen) atoms. The molecule has 0 aliphatic carbocycles. The van der Waals surface area contributed by atoms with Crippen LogP contribution in [0.15, 0.2) is 12.5 Å². The summed E-state index contributed by atoms with van der Waals surface area (Å²) in [5.74, 6) is 0. The van der Waals surface area contributed by atoms with Gasteiger partial charge in [0.2, 0.25) is 0 Å². The van der Waals surface area contributed by atoms with Gasteiger partial charge in [0.15, 0.2) is 0 Å². The molecule has 68 valence electrons. The van der Waals surface area contributed by atoms with E-state index in [0.29, 0.717) is 0 Å². The van der Waals surface area contributed by atoms with E-state index >= 15 is 0 Å². The third-order valence-corrected chi connectivity index (χ3v) is 0.876. The summed E-state index contributed by atoms with van der Waals surface area (Å²) in [6, 6.07) is 0. The van der Waals surface area contributed by atoms with E-state index in [1.807, 2.05) is 0 Å². The Balaban J connectivity index is -0.0000000327. The topological polar surface area (TPSA) is 27.0 Å². The van der Waals surface area contributed by atoms with Crippen LogP contribution in [0.1, 0.15) is 12.6 Å². The first kappa shape index (κ1) is 29.3. The van der Waals surface area contributed by atoms with Crippen molar-refractivity contribution in [3.05, 3.63) is 18.2 Å². The fourth-order valence-corrected chi connectivity index (χ4v) is 0.443. The minimum atomic E-state index is 0. The van der Waals surface area contributed by atoms with Gasteiger partial charge in [0.05, 0.1) is 0 Å². The second-order valence-corrected chi connectivity index (χ2v) is 1.37. The molecule has 0 atom stereocenters. The molecule has 1 rings (SSSR count). The second-order valence-electron chi connectivity index (χ2n) is 1.37. The predicted molar refractivity (Wildman–Crippen MR) is 26.9 cm³/mol. The third-order valence-electron chi connectivity index (χ3n) is 0.876. The first-order valence-corrected chi connectivity index (χ1v) is 2.35. The average molecular weight is 1010 g/mol. The van der Waals surface area contributed by atoms with Crippen LogP contribution in [0.3, 0.4) is 0 Å². The van der Waals surface area contributed by atoms with Crippen molar-refractivity contribution in [3.63, 3.8) is 0 Å². The Hall–Kier alpha value is 2.65. The van der Waals surface area contributed by atoms with Crippen molar-refractivity contribution in [1.29, 1.82) is 0 Å². The summed E-state index contributed by atoms with van der Waals surface area (Å²) in [6.45, 7) is 2.06. The molecule has 0 saturated heterocycles. The average Bonchev–Trinajstić information content (AvgIpc) is 2.14. The molecule has 0 N–H and O–H groups in total. The Kier molecular flexibility index (Phi) is 47.0. The minimum Gasteiger partial charge on any atom is -0.450 e. The van der Waals surface area contributed by atoms with E-state index in [2.05, 4.69) is 16.9 Å². The van der Waals surface area contributed by atoms with Gasteiger partial charge < -0.3 is 9.97 Å². The van der Waals surface area contributed by atoms with Crippen molar-refractivity contribution < 1.29 is 105 Å². The van der Waals surface area contributed by atoms with Gasteiger partial charge in [0, 0.05) is 105 Å². The summed E-state index contributed by atoms with van der Waals surface area (Å²) in [6.07, 6.45) is 4.33. The Morgan fingerprint density at radius 2 is 1.67 bits per heavy atom. The van der Waals surface area contributed by atoms with E-state index in [1.54, 1.807) is 12.5 Å². The molecule has 0 aromatic carbocycles. The van der Waals surface area contributed by atoms with Crippen molar-refractivity contribution in [2.45, 2.75) is 13.3 Å². The van der Waals surface area contributed by atoms with Crippen LogP contribution >= 0.6 is 0 Å². The van der Waals surface area contributed by atoms with Gasteiger partial charge in [-0.25, -0.2) is 0 Å². The van der Waals surface area contributed by atoms with Crippen molar-refractivity contribution in [2.24, 2.45) is 0 Å². The molecule has 0 aliphatic heterocycles. The molecule has 2 nitrogen and oxygen atoms in total. The predicted octanol–water partition coefficient (Wildman–Crippen LogP) is 0.589. The maximum atomic E-state index is 3.92. The first-order valence-electron chi connectivity index (χ1n) is 2.35. The first-order chi connectivity index (χ1) is 3.43. The molecule has 0 spiro atoms. The summed E-state index contributed by atoms with van der Waals surface area (Å²) < 4.78 is 0. The van der Waals surface area contributed by atoms with E-state index in [0.717, 1.165) is 12.1 Å². The maximum absolute atomic E-state index is 3.92. The van der Waals surface area contributed by atoms with Gasteiger partial charge in [-0.05, 0) is 6.42 Å². The quantitative estimate of drug-likeness (QED) is 0.413. The van der Waals surface area contributed by atoms with Crippen LogP contribution in [0.5, 0.6) is 0 Å². The summed E-state index contributed by atoms with van der Waals surface area (Å²) >= 11 is 0. The summed E-state index contributed by atoms with van der Waals surface area (Å²) in [5.41, 5.74) is 1.07. The van der Waals surface area contributed by atoms with Crippen molar-refractivity contribution in [1.82, 2.24) is 9.97 Å². The molecular weight excluding hydrogens is 1010 g/mol. The van der Waals surface area contributed by atoms with E-state index in [1.165, 1.54) is 0 Å². The van der Waals surface area contributed by atoms with Gasteiger partial charge in [-0.15, -0.1) is 0 Å². The van der Waals surface area contributed by atoms with Gasteiger partial charge in [-0.2, -0.15) is 0 Å². The molecule has 1 aromatic heterocycles. The Bertz CT molecular complexity index is 132. The number of aromatic nitrogens is 2. The Labute approximate surface area is 145 Å². The van der Waals surface area contributed by atoms with E-state index < -0.39 is 0 Å². The zero-order chi connectivity index (χ0) is 5.11. The largest absolute Gasteiger partial charge is 0.450 e. The van der Waals surface area contributed by atoms with Crippen LogP contribution in [0.2, 0.25) is 0 Å². The molecule has 0 aliphatic rings. The number of rotatable bonds is 1. The van der Waals surface area contributed by atoms with Crippen LogP contribution in [0.4, 0.5) is 0 Å². The fraction of sp³-hybridized carbons (Fsp3) is 0.400. The zero-order valence-corrected chi connectivity index (χ0v) is 21.0. The molecular formula is C5H7N2W5-. The molecule has 0 amide bonds. The van der Waals surface area contributed by atoms with E-state index in [-0.39, 0.29) is 105 Å². The fourth-order valence-electron chi connectivity index (χ4n) is 0.443. The molecule has 0 saturated carbocycles. The molecule has 1 aromatic rings. The van der Waals surface area contributed by atoms with Crippen LogP contribution in [-0.2, 0) is 112 Å². The number of hydrogen-bond donors (Lipinski definition) is 0. The van der Waals surface area contributed by atoms with Crippen molar-refractivity contribution in [2.75, 3.05) is 0 Å². The number of hydrogen-bond acceptors (Lipinski definition) is 1. The minimum absolute atomic E-state index is 0. The molecule has 0 radical (unpaired) electrons. The van der Waals surface area contributed by atoms with Crippen molar-refractivity contribution in [3.8, 4) is 0 Å². The summed E-state index contributed by atoms with van der Waals surface area (Å²) in [4.78, 5) is 7.71. The summed E-state index contributed by atoms with van der Waals surface area (Å²) in [7, 11) is 0. The van der Waals surface area contributed by atoms with Crippen LogP contribution in [0, 0.1) is 0 Å². The standard InChI is InChI=1S/C5H7N2.5W/c1-2-5-3-6-4-7-5;;;;;/h3-4H,2H2,1H3;;;;;/q-1;;;;;. The molecule has 0 fully saturated rings. The zero-order valence-electron chi connectivity index (χ0n) is 6.30. The van der Waals surface area contributed by atoms with Crippen LogP contribution in [-0.4, -0.2) is 4.98 Å². The van der Waals surface area contributed by atoms with Crippen LogP contribution in [0.25, 0.3) is 0 Å². The third kappa shape index (κ3) is 12.7. The summed E-state index contributed by atoms with van der Waals surface area (Å²) in [5, 5.41) is 0. The van der Waals surface area contributed by atoms with Gasteiger partial charge in [0.25, 0.3) is 0 Å². The Morgan fingerprint density at radius 3 is 1.83 bits per heavy atom. The smallest absolute Gasteiger partial charge is 0 e. The maximum Gasteiger partial charge on any atom is 0 e. The van der Waals surface area contributed by atoms with Gasteiger partial charge in [-0.1, -0.05) is 25.1 Å². The molecule has 1 heterocycles.